The number of carboxylic acid groups (broad SMARTS) is 1. The second-order valence-corrected chi connectivity index (χ2v) is 4.49. The van der Waals surface area contributed by atoms with Crippen molar-refractivity contribution < 1.29 is 9.90 Å². The minimum atomic E-state index is -1.05. The molecule has 5 nitrogen and oxygen atoms in total. The Balaban J connectivity index is 0.000000304. The fraction of sp³-hybridized carbons (Fsp3) is 0.250. The van der Waals surface area contributed by atoms with Gasteiger partial charge in [-0.1, -0.05) is 43.3 Å². The van der Waals surface area contributed by atoms with E-state index in [0.717, 1.165) is 10.1 Å². The fourth-order valence-electron chi connectivity index (χ4n) is 1.72. The lowest BCUT2D eigenvalue weighted by Crippen LogP contribution is -2.29. The summed E-state index contributed by atoms with van der Waals surface area (Å²) >= 11 is 0. The summed E-state index contributed by atoms with van der Waals surface area (Å²) in [5, 5.41) is 8.78. The summed E-state index contributed by atoms with van der Waals surface area (Å²) in [5.74, 6) is -1.05. The predicted molar refractivity (Wildman–Crippen MR) is 83.3 cm³/mol. The van der Waals surface area contributed by atoms with Gasteiger partial charge in [0.25, 0.3) is 5.56 Å². The summed E-state index contributed by atoms with van der Waals surface area (Å²) in [6.45, 7) is 3.32. The van der Waals surface area contributed by atoms with Crippen LogP contribution >= 0.6 is 0 Å². The lowest BCUT2D eigenvalue weighted by atomic mass is 10.1. The van der Waals surface area contributed by atoms with Gasteiger partial charge in [0.1, 0.15) is 11.7 Å². The number of hydrogen-bond donors (Lipinski definition) is 2. The SMILES string of the molecule is CCc1ccn(C(C)C(=O)O)c(=O)c1N.c1ccccc1. The molecule has 2 aromatic rings. The zero-order chi connectivity index (χ0) is 15.8. The van der Waals surface area contributed by atoms with Crippen molar-refractivity contribution in [2.75, 3.05) is 5.73 Å². The molecule has 5 heteroatoms. The van der Waals surface area contributed by atoms with Crippen molar-refractivity contribution >= 4 is 11.7 Å². The highest BCUT2D eigenvalue weighted by molar-refractivity contribution is 5.71. The third-order valence-electron chi connectivity index (χ3n) is 3.07. The van der Waals surface area contributed by atoms with Crippen LogP contribution in [-0.2, 0) is 11.2 Å². The third kappa shape index (κ3) is 4.49. The summed E-state index contributed by atoms with van der Waals surface area (Å²) in [6.07, 6.45) is 2.12. The molecule has 0 bridgehead atoms. The molecule has 1 unspecified atom stereocenters. The van der Waals surface area contributed by atoms with E-state index < -0.39 is 17.6 Å². The van der Waals surface area contributed by atoms with E-state index in [1.807, 2.05) is 43.3 Å². The summed E-state index contributed by atoms with van der Waals surface area (Å²) in [5.41, 5.74) is 6.04. The first-order valence-electron chi connectivity index (χ1n) is 6.71. The summed E-state index contributed by atoms with van der Waals surface area (Å²) in [7, 11) is 0. The topological polar surface area (TPSA) is 85.3 Å². The van der Waals surface area contributed by atoms with E-state index in [1.165, 1.54) is 13.1 Å². The molecule has 0 amide bonds. The Bertz CT molecular complexity index is 609. The molecule has 1 atom stereocenters. The van der Waals surface area contributed by atoms with Crippen molar-refractivity contribution in [2.45, 2.75) is 26.3 Å². The van der Waals surface area contributed by atoms with Crippen LogP contribution in [0.2, 0.25) is 0 Å². The maximum Gasteiger partial charge on any atom is 0.326 e. The van der Waals surface area contributed by atoms with Crippen LogP contribution in [-0.4, -0.2) is 15.6 Å². The van der Waals surface area contributed by atoms with Gasteiger partial charge in [0, 0.05) is 6.20 Å². The number of nitrogen functional groups attached to an aromatic ring is 1. The van der Waals surface area contributed by atoms with Crippen molar-refractivity contribution in [3.05, 3.63) is 64.6 Å². The summed E-state index contributed by atoms with van der Waals surface area (Å²) in [6, 6.07) is 12.8. The molecular weight excluding hydrogens is 268 g/mol. The fourth-order valence-corrected chi connectivity index (χ4v) is 1.72. The van der Waals surface area contributed by atoms with Crippen LogP contribution in [0.15, 0.2) is 53.5 Å². The Morgan fingerprint density at radius 2 is 1.71 bits per heavy atom. The van der Waals surface area contributed by atoms with Crippen LogP contribution in [0.1, 0.15) is 25.5 Å². The Kier molecular flexibility index (Phi) is 6.20. The molecule has 0 radical (unpaired) electrons. The van der Waals surface area contributed by atoms with E-state index in [4.69, 9.17) is 10.8 Å². The zero-order valence-corrected chi connectivity index (χ0v) is 12.2. The number of carbonyl (C=O) groups is 1. The highest BCUT2D eigenvalue weighted by Gasteiger charge is 2.16. The highest BCUT2D eigenvalue weighted by Crippen LogP contribution is 2.09. The molecule has 0 saturated heterocycles. The molecule has 1 aromatic heterocycles. The number of hydrogen-bond acceptors (Lipinski definition) is 3. The Labute approximate surface area is 123 Å². The Morgan fingerprint density at radius 1 is 1.24 bits per heavy atom. The molecule has 1 heterocycles. The lowest BCUT2D eigenvalue weighted by Gasteiger charge is -2.12. The van der Waals surface area contributed by atoms with E-state index in [9.17, 15) is 9.59 Å². The average molecular weight is 288 g/mol. The molecule has 0 saturated carbocycles. The molecule has 21 heavy (non-hydrogen) atoms. The number of nitrogens with two attached hydrogens (primary N) is 1. The van der Waals surface area contributed by atoms with Gasteiger partial charge < -0.3 is 10.8 Å². The van der Waals surface area contributed by atoms with Crippen LogP contribution in [0.25, 0.3) is 0 Å². The van der Waals surface area contributed by atoms with Crippen LogP contribution in [0.5, 0.6) is 0 Å². The molecule has 0 fully saturated rings. The van der Waals surface area contributed by atoms with E-state index in [0.29, 0.717) is 6.42 Å². The van der Waals surface area contributed by atoms with Crippen molar-refractivity contribution in [3.63, 3.8) is 0 Å². The van der Waals surface area contributed by atoms with Crippen molar-refractivity contribution in [1.29, 1.82) is 0 Å². The van der Waals surface area contributed by atoms with Crippen LogP contribution in [0.3, 0.4) is 0 Å². The van der Waals surface area contributed by atoms with Gasteiger partial charge in [0.05, 0.1) is 0 Å². The van der Waals surface area contributed by atoms with Gasteiger partial charge in [-0.25, -0.2) is 4.79 Å². The van der Waals surface area contributed by atoms with Gasteiger partial charge in [-0.15, -0.1) is 0 Å². The average Bonchev–Trinajstić information content (AvgIpc) is 2.51. The number of aliphatic carboxylic acids is 1. The van der Waals surface area contributed by atoms with E-state index in [-0.39, 0.29) is 5.69 Å². The largest absolute Gasteiger partial charge is 0.480 e. The maximum atomic E-state index is 11.7. The number of nitrogens with zero attached hydrogens (tertiary/aromatic N) is 1. The number of anilines is 1. The molecule has 0 aliphatic rings. The van der Waals surface area contributed by atoms with E-state index in [2.05, 4.69) is 0 Å². The van der Waals surface area contributed by atoms with Gasteiger partial charge >= 0.3 is 5.97 Å². The van der Waals surface area contributed by atoms with Gasteiger partial charge in [-0.3, -0.25) is 9.36 Å². The lowest BCUT2D eigenvalue weighted by molar-refractivity contribution is -0.140. The normalized spacial score (nSPS) is 11.1. The molecule has 3 N–H and O–H groups in total. The van der Waals surface area contributed by atoms with Crippen molar-refractivity contribution in [1.82, 2.24) is 4.57 Å². The quantitative estimate of drug-likeness (QED) is 0.907. The smallest absolute Gasteiger partial charge is 0.326 e. The van der Waals surface area contributed by atoms with Crippen molar-refractivity contribution in [3.8, 4) is 0 Å². The molecular formula is C16H20N2O3. The van der Waals surface area contributed by atoms with Crippen LogP contribution in [0.4, 0.5) is 5.69 Å². The van der Waals surface area contributed by atoms with Gasteiger partial charge in [-0.2, -0.15) is 0 Å². The molecule has 0 aliphatic carbocycles. The monoisotopic (exact) mass is 288 g/mol. The van der Waals surface area contributed by atoms with Gasteiger partial charge in [0.2, 0.25) is 0 Å². The molecule has 0 aliphatic heterocycles. The molecule has 112 valence electrons. The number of pyridine rings is 1. The van der Waals surface area contributed by atoms with E-state index >= 15 is 0 Å². The second-order valence-electron chi connectivity index (χ2n) is 4.49. The maximum absolute atomic E-state index is 11.7. The number of carboxylic acids is 1. The zero-order valence-electron chi connectivity index (χ0n) is 12.2. The number of aryl methyl sites for hydroxylation is 1. The van der Waals surface area contributed by atoms with Crippen LogP contribution < -0.4 is 11.3 Å². The second kappa shape index (κ2) is 7.89. The minimum Gasteiger partial charge on any atom is -0.480 e. The molecule has 1 aromatic carbocycles. The van der Waals surface area contributed by atoms with E-state index in [1.54, 1.807) is 6.07 Å². The summed E-state index contributed by atoms with van der Waals surface area (Å²) in [4.78, 5) is 22.4. The molecule has 2 rings (SSSR count). The number of benzene rings is 1. The van der Waals surface area contributed by atoms with Crippen molar-refractivity contribution in [2.24, 2.45) is 0 Å². The minimum absolute atomic E-state index is 0.133. The van der Waals surface area contributed by atoms with Crippen LogP contribution in [0, 0.1) is 0 Å². The standard InChI is InChI=1S/C10H14N2O3.C6H6/c1-3-7-4-5-12(6(2)10(14)15)9(13)8(7)11;1-2-4-6-5-3-1/h4-6H,3,11H2,1-2H3,(H,14,15);1-6H. The van der Waals surface area contributed by atoms with Gasteiger partial charge in [-0.05, 0) is 25.0 Å². The Morgan fingerprint density at radius 3 is 2.10 bits per heavy atom. The highest BCUT2D eigenvalue weighted by atomic mass is 16.4. The summed E-state index contributed by atoms with van der Waals surface area (Å²) < 4.78 is 1.12. The molecule has 0 spiro atoms. The predicted octanol–water partition coefficient (Wildman–Crippen LogP) is 2.33. The number of rotatable bonds is 3. The number of aromatic nitrogens is 1. The van der Waals surface area contributed by atoms with Gasteiger partial charge in [0.15, 0.2) is 0 Å². The first-order chi connectivity index (χ1) is 9.99. The third-order valence-corrected chi connectivity index (χ3v) is 3.07. The first-order valence-corrected chi connectivity index (χ1v) is 6.71. The Hall–Kier alpha value is -2.56. The first kappa shape index (κ1) is 16.5.